The van der Waals surface area contributed by atoms with Gasteiger partial charge in [-0.1, -0.05) is 6.07 Å². The van der Waals surface area contributed by atoms with Crippen molar-refractivity contribution in [1.82, 2.24) is 4.40 Å². The first-order valence-corrected chi connectivity index (χ1v) is 7.94. The Bertz CT molecular complexity index is 833. The van der Waals surface area contributed by atoms with E-state index in [4.69, 9.17) is 9.47 Å². The van der Waals surface area contributed by atoms with Crippen LogP contribution in [-0.4, -0.2) is 34.7 Å². The third-order valence-electron chi connectivity index (χ3n) is 4.11. The van der Waals surface area contributed by atoms with Gasteiger partial charge in [0.05, 0.1) is 24.7 Å². The molecular weight excluding hydrogens is 310 g/mol. The third-order valence-corrected chi connectivity index (χ3v) is 4.11. The Balaban J connectivity index is 2.17. The highest BCUT2D eigenvalue weighted by Gasteiger charge is 2.39. The number of carbonyl (C=O) groups is 2. The number of ether oxygens (including phenoxy) is 2. The number of hydrogen-bond acceptors (Lipinski definition) is 5. The molecule has 0 radical (unpaired) electrons. The molecule has 1 unspecified atom stereocenters. The maximum absolute atomic E-state index is 12.3. The highest BCUT2D eigenvalue weighted by molar-refractivity contribution is 6.03. The van der Waals surface area contributed by atoms with Crippen LogP contribution in [0.1, 0.15) is 25.1 Å². The highest BCUT2D eigenvalue weighted by Crippen LogP contribution is 2.36. The maximum atomic E-state index is 12.3. The van der Waals surface area contributed by atoms with Gasteiger partial charge in [-0.15, -0.1) is 0 Å². The van der Waals surface area contributed by atoms with Crippen LogP contribution < -0.4 is 0 Å². The molecule has 2 aromatic heterocycles. The molecule has 1 atom stereocenters. The minimum absolute atomic E-state index is 0.0290. The number of carbonyl (C=O) groups excluding carboxylic acids is 2. The van der Waals surface area contributed by atoms with Gasteiger partial charge in [0.1, 0.15) is 5.76 Å². The van der Waals surface area contributed by atoms with Gasteiger partial charge >= 0.3 is 11.9 Å². The molecule has 6 heteroatoms. The van der Waals surface area contributed by atoms with E-state index >= 15 is 0 Å². The number of rotatable bonds is 4. The molecule has 0 bridgehead atoms. The Hall–Kier alpha value is -2.76. The number of aromatic nitrogens is 1. The van der Waals surface area contributed by atoms with Crippen LogP contribution in [0.25, 0.3) is 11.3 Å². The molecular formula is C18H19NO5. The molecule has 0 amide bonds. The van der Waals surface area contributed by atoms with E-state index in [1.165, 1.54) is 0 Å². The van der Waals surface area contributed by atoms with Crippen molar-refractivity contribution in [2.24, 2.45) is 5.92 Å². The minimum Gasteiger partial charge on any atom is -0.507 e. The van der Waals surface area contributed by atoms with Gasteiger partial charge in [-0.25, -0.2) is 4.79 Å². The Morgan fingerprint density at radius 1 is 1.25 bits per heavy atom. The number of pyridine rings is 1. The lowest BCUT2D eigenvalue weighted by Gasteiger charge is -2.24. The molecule has 0 fully saturated rings. The number of aliphatic hydroxyl groups is 1. The smallest absolute Gasteiger partial charge is 0.338 e. The topological polar surface area (TPSA) is 77.2 Å². The molecule has 0 saturated heterocycles. The first-order chi connectivity index (χ1) is 11.6. The zero-order valence-corrected chi connectivity index (χ0v) is 13.6. The summed E-state index contributed by atoms with van der Waals surface area (Å²) < 4.78 is 12.0. The summed E-state index contributed by atoms with van der Waals surface area (Å²) in [5, 5.41) is 10.7. The number of aliphatic hydroxyl groups excluding tert-OH is 1. The molecule has 0 aliphatic heterocycles. The summed E-state index contributed by atoms with van der Waals surface area (Å²) in [4.78, 5) is 24.6. The van der Waals surface area contributed by atoms with Crippen LogP contribution in [0.4, 0.5) is 0 Å². The lowest BCUT2D eigenvalue weighted by Crippen LogP contribution is -2.31. The van der Waals surface area contributed by atoms with Gasteiger partial charge in [0.15, 0.2) is 0 Å². The Labute approximate surface area is 139 Å². The summed E-state index contributed by atoms with van der Waals surface area (Å²) in [5.41, 5.74) is 2.17. The average Bonchev–Trinajstić information content (AvgIpc) is 2.94. The van der Waals surface area contributed by atoms with Crippen molar-refractivity contribution >= 4 is 23.2 Å². The average molecular weight is 329 g/mol. The summed E-state index contributed by atoms with van der Waals surface area (Å²) in [5.74, 6) is -2.32. The number of fused-ring (bicyclic) bond motifs is 3. The number of hydrogen-bond donors (Lipinski definition) is 1. The summed E-state index contributed by atoms with van der Waals surface area (Å²) in [6.07, 6.45) is 2.13. The largest absolute Gasteiger partial charge is 0.507 e. The van der Waals surface area contributed by atoms with Crippen molar-refractivity contribution in [3.8, 4) is 0 Å². The molecule has 1 aliphatic carbocycles. The highest BCUT2D eigenvalue weighted by atomic mass is 16.5. The summed E-state index contributed by atoms with van der Waals surface area (Å²) in [6, 6.07) is 7.45. The lowest BCUT2D eigenvalue weighted by atomic mass is 9.85. The van der Waals surface area contributed by atoms with Gasteiger partial charge in [0.25, 0.3) is 0 Å². The molecule has 6 nitrogen and oxygen atoms in total. The van der Waals surface area contributed by atoms with E-state index in [1.807, 2.05) is 28.8 Å². The van der Waals surface area contributed by atoms with Crippen LogP contribution in [0.15, 0.2) is 36.0 Å². The molecule has 0 saturated carbocycles. The second-order valence-electron chi connectivity index (χ2n) is 5.49. The molecule has 3 rings (SSSR count). The maximum Gasteiger partial charge on any atom is 0.338 e. The number of esters is 2. The third kappa shape index (κ3) is 2.54. The van der Waals surface area contributed by atoms with E-state index in [0.717, 1.165) is 11.2 Å². The van der Waals surface area contributed by atoms with Crippen molar-refractivity contribution < 1.29 is 24.2 Å². The van der Waals surface area contributed by atoms with Crippen molar-refractivity contribution in [1.29, 1.82) is 0 Å². The van der Waals surface area contributed by atoms with Gasteiger partial charge in [-0.3, -0.25) is 4.79 Å². The minimum atomic E-state index is -0.880. The van der Waals surface area contributed by atoms with Gasteiger partial charge in [-0.2, -0.15) is 0 Å². The van der Waals surface area contributed by atoms with E-state index in [0.29, 0.717) is 5.56 Å². The molecule has 0 spiro atoms. The first kappa shape index (κ1) is 16.1. The Morgan fingerprint density at radius 3 is 2.71 bits per heavy atom. The van der Waals surface area contributed by atoms with E-state index < -0.39 is 17.9 Å². The van der Waals surface area contributed by atoms with Crippen molar-refractivity contribution in [3.05, 3.63) is 47.3 Å². The van der Waals surface area contributed by atoms with Crippen LogP contribution in [0.2, 0.25) is 0 Å². The number of nitrogens with zero attached hydrogens (tertiary/aromatic N) is 1. The van der Waals surface area contributed by atoms with Gasteiger partial charge < -0.3 is 19.0 Å². The lowest BCUT2D eigenvalue weighted by molar-refractivity contribution is -0.150. The first-order valence-electron chi connectivity index (χ1n) is 7.94. The molecule has 126 valence electrons. The quantitative estimate of drug-likeness (QED) is 0.872. The monoisotopic (exact) mass is 329 g/mol. The van der Waals surface area contributed by atoms with E-state index in [-0.39, 0.29) is 31.0 Å². The summed E-state index contributed by atoms with van der Waals surface area (Å²) in [6.45, 7) is 3.74. The zero-order valence-electron chi connectivity index (χ0n) is 13.6. The second-order valence-corrected chi connectivity index (χ2v) is 5.49. The van der Waals surface area contributed by atoms with E-state index in [2.05, 4.69) is 0 Å². The predicted molar refractivity (Wildman–Crippen MR) is 87.4 cm³/mol. The van der Waals surface area contributed by atoms with Crippen LogP contribution in [0.3, 0.4) is 0 Å². The molecule has 0 aromatic carbocycles. The molecule has 1 N–H and O–H groups in total. The van der Waals surface area contributed by atoms with Crippen molar-refractivity contribution in [2.75, 3.05) is 13.2 Å². The normalized spacial score (nSPS) is 16.8. The molecule has 2 aromatic rings. The van der Waals surface area contributed by atoms with Crippen LogP contribution in [0, 0.1) is 5.92 Å². The fraction of sp³-hybridized carbons (Fsp3) is 0.333. The van der Waals surface area contributed by atoms with Crippen LogP contribution in [-0.2, 0) is 25.5 Å². The predicted octanol–water partition coefficient (Wildman–Crippen LogP) is 2.51. The fourth-order valence-electron chi connectivity index (χ4n) is 3.09. The van der Waals surface area contributed by atoms with E-state index in [1.54, 1.807) is 19.9 Å². The zero-order chi connectivity index (χ0) is 17.3. The van der Waals surface area contributed by atoms with Gasteiger partial charge in [0.2, 0.25) is 0 Å². The van der Waals surface area contributed by atoms with Gasteiger partial charge in [0, 0.05) is 29.4 Å². The fourth-order valence-corrected chi connectivity index (χ4v) is 3.09. The SMILES string of the molecule is CCOC(=O)C1=C(O)c2cc3ccccn3c2CC1C(=O)OCC. The second kappa shape index (κ2) is 6.39. The Morgan fingerprint density at radius 2 is 2.00 bits per heavy atom. The van der Waals surface area contributed by atoms with Crippen molar-refractivity contribution in [3.63, 3.8) is 0 Å². The Kier molecular flexibility index (Phi) is 4.29. The van der Waals surface area contributed by atoms with Crippen LogP contribution in [0.5, 0.6) is 0 Å². The van der Waals surface area contributed by atoms with Crippen LogP contribution >= 0.6 is 0 Å². The summed E-state index contributed by atoms with van der Waals surface area (Å²) in [7, 11) is 0. The summed E-state index contributed by atoms with van der Waals surface area (Å²) >= 11 is 0. The molecule has 24 heavy (non-hydrogen) atoms. The molecule has 1 aliphatic rings. The standard InChI is InChI=1S/C18H19NO5/c1-3-23-17(21)13-10-14-12(9-11-7-5-6-8-19(11)14)16(20)15(13)18(22)24-4-2/h5-9,13,20H,3-4,10H2,1-2H3. The molecule has 2 heterocycles. The van der Waals surface area contributed by atoms with E-state index in [9.17, 15) is 14.7 Å². The van der Waals surface area contributed by atoms with Gasteiger partial charge in [-0.05, 0) is 32.0 Å². The van der Waals surface area contributed by atoms with Crippen molar-refractivity contribution in [2.45, 2.75) is 20.3 Å².